The fourth-order valence-electron chi connectivity index (χ4n) is 2.93. The van der Waals surface area contributed by atoms with Gasteiger partial charge in [-0.3, -0.25) is 0 Å². The number of nitrogens with zero attached hydrogens (tertiary/aromatic N) is 2. The molecule has 0 bridgehead atoms. The van der Waals surface area contributed by atoms with Gasteiger partial charge >= 0.3 is 0 Å². The molecular formula is C15H17ClFN3O. The van der Waals surface area contributed by atoms with Crippen molar-refractivity contribution < 1.29 is 8.91 Å². The first-order chi connectivity index (χ1) is 10.1. The molecule has 0 radical (unpaired) electrons. The fraction of sp³-hybridized carbons (Fsp3) is 0.467. The zero-order valence-electron chi connectivity index (χ0n) is 11.6. The van der Waals surface area contributed by atoms with Gasteiger partial charge in [0.15, 0.2) is 5.82 Å². The minimum Gasteiger partial charge on any atom is -0.339 e. The topological polar surface area (TPSA) is 64.9 Å². The van der Waals surface area contributed by atoms with Gasteiger partial charge in [-0.1, -0.05) is 35.7 Å². The van der Waals surface area contributed by atoms with Crippen molar-refractivity contribution in [2.45, 2.75) is 37.5 Å². The average molecular weight is 310 g/mol. The van der Waals surface area contributed by atoms with Crippen molar-refractivity contribution in [3.63, 3.8) is 0 Å². The van der Waals surface area contributed by atoms with Gasteiger partial charge in [0.1, 0.15) is 5.82 Å². The molecule has 1 aromatic heterocycles. The zero-order chi connectivity index (χ0) is 14.9. The lowest BCUT2D eigenvalue weighted by molar-refractivity contribution is 0.283. The second-order valence-electron chi connectivity index (χ2n) is 5.62. The van der Waals surface area contributed by atoms with Gasteiger partial charge in [0, 0.05) is 18.0 Å². The molecular weight excluding hydrogens is 293 g/mol. The van der Waals surface area contributed by atoms with E-state index in [4.69, 9.17) is 21.9 Å². The molecule has 0 atom stereocenters. The highest BCUT2D eigenvalue weighted by atomic mass is 35.5. The lowest BCUT2D eigenvalue weighted by atomic mass is 9.86. The fourth-order valence-corrected chi connectivity index (χ4v) is 3.17. The van der Waals surface area contributed by atoms with Gasteiger partial charge in [-0.2, -0.15) is 4.98 Å². The SMILES string of the molecule is NCC1(c2nc(Cc3ccc(F)cc3Cl)no2)CCCC1. The van der Waals surface area contributed by atoms with Crippen LogP contribution in [0.25, 0.3) is 0 Å². The zero-order valence-corrected chi connectivity index (χ0v) is 12.4. The Morgan fingerprint density at radius 1 is 1.33 bits per heavy atom. The van der Waals surface area contributed by atoms with Crippen molar-refractivity contribution >= 4 is 11.6 Å². The van der Waals surface area contributed by atoms with Gasteiger partial charge in [0.05, 0.1) is 5.41 Å². The van der Waals surface area contributed by atoms with E-state index in [0.717, 1.165) is 31.2 Å². The molecule has 2 N–H and O–H groups in total. The maximum Gasteiger partial charge on any atom is 0.234 e. The summed E-state index contributed by atoms with van der Waals surface area (Å²) in [7, 11) is 0. The molecule has 0 saturated heterocycles. The van der Waals surface area contributed by atoms with E-state index >= 15 is 0 Å². The summed E-state index contributed by atoms with van der Waals surface area (Å²) in [6, 6.07) is 4.30. The molecule has 0 spiro atoms. The highest BCUT2D eigenvalue weighted by molar-refractivity contribution is 6.31. The molecule has 21 heavy (non-hydrogen) atoms. The van der Waals surface area contributed by atoms with E-state index in [2.05, 4.69) is 10.1 Å². The second-order valence-corrected chi connectivity index (χ2v) is 6.03. The maximum atomic E-state index is 13.0. The van der Waals surface area contributed by atoms with Gasteiger partial charge in [-0.15, -0.1) is 0 Å². The summed E-state index contributed by atoms with van der Waals surface area (Å²) in [6.45, 7) is 0.520. The number of hydrogen-bond donors (Lipinski definition) is 1. The molecule has 112 valence electrons. The number of rotatable bonds is 4. The molecule has 1 aliphatic rings. The molecule has 1 saturated carbocycles. The van der Waals surface area contributed by atoms with Gasteiger partial charge in [0.2, 0.25) is 5.89 Å². The first-order valence-corrected chi connectivity index (χ1v) is 7.48. The first kappa shape index (κ1) is 14.5. The van der Waals surface area contributed by atoms with Crippen LogP contribution in [0.1, 0.15) is 43.0 Å². The first-order valence-electron chi connectivity index (χ1n) is 7.10. The number of hydrogen-bond acceptors (Lipinski definition) is 4. The van der Waals surface area contributed by atoms with Crippen molar-refractivity contribution in [2.24, 2.45) is 5.73 Å². The Hall–Kier alpha value is -1.46. The van der Waals surface area contributed by atoms with Crippen LogP contribution in [0, 0.1) is 5.82 Å². The van der Waals surface area contributed by atoms with Gasteiger partial charge < -0.3 is 10.3 Å². The molecule has 1 aliphatic carbocycles. The van der Waals surface area contributed by atoms with Crippen LogP contribution in [0.4, 0.5) is 4.39 Å². The molecule has 0 unspecified atom stereocenters. The van der Waals surface area contributed by atoms with Crippen LogP contribution < -0.4 is 5.73 Å². The van der Waals surface area contributed by atoms with Crippen LogP contribution in [-0.2, 0) is 11.8 Å². The molecule has 1 fully saturated rings. The Morgan fingerprint density at radius 3 is 2.76 bits per heavy atom. The minimum absolute atomic E-state index is 0.169. The molecule has 6 heteroatoms. The Bertz CT molecular complexity index is 638. The lowest BCUT2D eigenvalue weighted by Crippen LogP contribution is -2.32. The monoisotopic (exact) mass is 309 g/mol. The van der Waals surface area contributed by atoms with Crippen molar-refractivity contribution in [2.75, 3.05) is 6.54 Å². The Labute approximate surface area is 127 Å². The van der Waals surface area contributed by atoms with Gasteiger partial charge in [-0.05, 0) is 30.5 Å². The summed E-state index contributed by atoms with van der Waals surface area (Å²) in [5, 5.41) is 4.39. The van der Waals surface area contributed by atoms with Crippen molar-refractivity contribution in [1.29, 1.82) is 0 Å². The van der Waals surface area contributed by atoms with E-state index in [1.54, 1.807) is 6.07 Å². The molecule has 3 rings (SSSR count). The Morgan fingerprint density at radius 2 is 2.10 bits per heavy atom. The number of nitrogens with two attached hydrogens (primary N) is 1. The van der Waals surface area contributed by atoms with Crippen LogP contribution in [0.15, 0.2) is 22.7 Å². The summed E-state index contributed by atoms with van der Waals surface area (Å²) < 4.78 is 18.5. The van der Waals surface area contributed by atoms with Crippen LogP contribution >= 0.6 is 11.6 Å². The third kappa shape index (κ3) is 2.80. The van der Waals surface area contributed by atoms with Crippen LogP contribution in [0.3, 0.4) is 0 Å². The third-order valence-corrected chi connectivity index (χ3v) is 4.59. The molecule has 0 amide bonds. The van der Waals surface area contributed by atoms with Gasteiger partial charge in [-0.25, -0.2) is 4.39 Å². The summed E-state index contributed by atoms with van der Waals surface area (Å²) in [6.07, 6.45) is 4.67. The lowest BCUT2D eigenvalue weighted by Gasteiger charge is -2.21. The van der Waals surface area contributed by atoms with E-state index in [1.807, 2.05) is 0 Å². The standard InChI is InChI=1S/C15H17ClFN3O/c16-12-8-11(17)4-3-10(12)7-13-19-14(21-20-13)15(9-18)5-1-2-6-15/h3-4,8H,1-2,5-7,9,18H2. The van der Waals surface area contributed by atoms with Crippen molar-refractivity contribution in [3.8, 4) is 0 Å². The van der Waals surface area contributed by atoms with Gasteiger partial charge in [0.25, 0.3) is 0 Å². The van der Waals surface area contributed by atoms with Crippen LogP contribution in [0.5, 0.6) is 0 Å². The molecule has 4 nitrogen and oxygen atoms in total. The van der Waals surface area contributed by atoms with Crippen LogP contribution in [0.2, 0.25) is 5.02 Å². The predicted molar refractivity (Wildman–Crippen MR) is 77.7 cm³/mol. The summed E-state index contributed by atoms with van der Waals surface area (Å²) in [5.74, 6) is 0.819. The highest BCUT2D eigenvalue weighted by Gasteiger charge is 2.39. The summed E-state index contributed by atoms with van der Waals surface area (Å²) >= 11 is 6.02. The minimum atomic E-state index is -0.356. The molecule has 1 heterocycles. The summed E-state index contributed by atoms with van der Waals surface area (Å²) in [5.41, 5.74) is 6.52. The highest BCUT2D eigenvalue weighted by Crippen LogP contribution is 2.39. The average Bonchev–Trinajstić information content (AvgIpc) is 3.11. The number of aromatic nitrogens is 2. The normalized spacial score (nSPS) is 17.3. The Balaban J connectivity index is 1.82. The van der Waals surface area contributed by atoms with Crippen molar-refractivity contribution in [3.05, 3.63) is 46.3 Å². The quantitative estimate of drug-likeness (QED) is 0.941. The maximum absolute atomic E-state index is 13.0. The molecule has 2 aromatic rings. The van der Waals surface area contributed by atoms with E-state index in [9.17, 15) is 4.39 Å². The number of benzene rings is 1. The van der Waals surface area contributed by atoms with E-state index in [0.29, 0.717) is 29.7 Å². The smallest absolute Gasteiger partial charge is 0.234 e. The third-order valence-electron chi connectivity index (χ3n) is 4.24. The van der Waals surface area contributed by atoms with Crippen molar-refractivity contribution in [1.82, 2.24) is 10.1 Å². The molecule has 0 aliphatic heterocycles. The predicted octanol–water partition coefficient (Wildman–Crippen LogP) is 3.22. The molecule has 1 aromatic carbocycles. The Kier molecular flexibility index (Phi) is 3.95. The van der Waals surface area contributed by atoms with Crippen LogP contribution in [-0.4, -0.2) is 16.7 Å². The van der Waals surface area contributed by atoms with E-state index < -0.39 is 0 Å². The van der Waals surface area contributed by atoms with E-state index in [-0.39, 0.29) is 11.2 Å². The van der Waals surface area contributed by atoms with E-state index in [1.165, 1.54) is 12.1 Å². The largest absolute Gasteiger partial charge is 0.339 e. The second kappa shape index (κ2) is 5.73. The number of halogens is 2. The summed E-state index contributed by atoms with van der Waals surface area (Å²) in [4.78, 5) is 4.48.